The van der Waals surface area contributed by atoms with Gasteiger partial charge in [-0.15, -0.1) is 21.5 Å². The fourth-order valence-electron chi connectivity index (χ4n) is 4.37. The topological polar surface area (TPSA) is 81.6 Å². The second kappa shape index (κ2) is 10.1. The molecule has 174 valence electrons. The Balaban J connectivity index is 1.31. The van der Waals surface area contributed by atoms with E-state index in [4.69, 9.17) is 14.2 Å². The molecule has 2 aromatic heterocycles. The SMILES string of the molecule is COCOc1cc(-c2cnc(C)s2)ccc1-c1ccc(N2CC[C@H](NC3CCOC3)C2)nn1. The lowest BCUT2D eigenvalue weighted by molar-refractivity contribution is 0.0515. The molecule has 1 aromatic carbocycles. The minimum atomic E-state index is 0.165. The number of rotatable bonds is 8. The third kappa shape index (κ3) is 5.16. The molecule has 2 fully saturated rings. The van der Waals surface area contributed by atoms with Gasteiger partial charge >= 0.3 is 0 Å². The van der Waals surface area contributed by atoms with Crippen molar-refractivity contribution in [3.63, 3.8) is 0 Å². The standard InChI is InChI=1S/C24H29N5O3S/c1-16-25-12-23(33-16)17-3-4-20(22(11-17)32-15-30-2)21-5-6-24(28-27-21)29-9-7-18(13-29)26-19-8-10-31-14-19/h3-6,11-12,18-19,26H,7-10,13-15H2,1-2H3/t18-,19?/m0/s1. The lowest BCUT2D eigenvalue weighted by Crippen LogP contribution is -2.40. The fraction of sp³-hybridized carbons (Fsp3) is 0.458. The largest absolute Gasteiger partial charge is 0.467 e. The summed E-state index contributed by atoms with van der Waals surface area (Å²) in [5.74, 6) is 1.62. The number of nitrogens with one attached hydrogen (secondary N) is 1. The van der Waals surface area contributed by atoms with E-state index in [1.54, 1.807) is 18.4 Å². The molecule has 2 saturated heterocycles. The molecular weight excluding hydrogens is 438 g/mol. The Hall–Kier alpha value is -2.59. The van der Waals surface area contributed by atoms with E-state index in [0.717, 1.165) is 71.7 Å². The molecule has 0 bridgehead atoms. The van der Waals surface area contributed by atoms with E-state index in [0.29, 0.717) is 17.8 Å². The molecule has 2 aliphatic heterocycles. The summed E-state index contributed by atoms with van der Waals surface area (Å²) < 4.78 is 16.5. The number of aromatic nitrogens is 3. The number of methoxy groups -OCH3 is 1. The van der Waals surface area contributed by atoms with E-state index in [1.165, 1.54) is 0 Å². The molecule has 0 amide bonds. The van der Waals surface area contributed by atoms with Crippen molar-refractivity contribution in [3.05, 3.63) is 41.5 Å². The lowest BCUT2D eigenvalue weighted by Gasteiger charge is -2.20. The molecule has 0 saturated carbocycles. The Kier molecular flexibility index (Phi) is 6.82. The summed E-state index contributed by atoms with van der Waals surface area (Å²) in [7, 11) is 1.61. The molecule has 2 atom stereocenters. The van der Waals surface area contributed by atoms with Crippen molar-refractivity contribution in [3.8, 4) is 27.4 Å². The van der Waals surface area contributed by atoms with Gasteiger partial charge in [0.1, 0.15) is 5.75 Å². The number of hydrogen-bond acceptors (Lipinski definition) is 9. The maximum atomic E-state index is 5.88. The van der Waals surface area contributed by atoms with E-state index in [9.17, 15) is 0 Å². The first kappa shape index (κ1) is 22.2. The Morgan fingerprint density at radius 1 is 1.18 bits per heavy atom. The molecule has 1 N–H and O–H groups in total. The highest BCUT2D eigenvalue weighted by Crippen LogP contribution is 2.35. The maximum absolute atomic E-state index is 5.88. The van der Waals surface area contributed by atoms with Gasteiger partial charge in [-0.25, -0.2) is 4.98 Å². The quantitative estimate of drug-likeness (QED) is 0.504. The average molecular weight is 468 g/mol. The zero-order valence-corrected chi connectivity index (χ0v) is 19.8. The molecule has 33 heavy (non-hydrogen) atoms. The van der Waals surface area contributed by atoms with E-state index in [1.807, 2.05) is 37.4 Å². The molecular formula is C24H29N5O3S. The van der Waals surface area contributed by atoms with E-state index < -0.39 is 0 Å². The van der Waals surface area contributed by atoms with Gasteiger partial charge in [-0.1, -0.05) is 6.07 Å². The minimum Gasteiger partial charge on any atom is -0.467 e. The van der Waals surface area contributed by atoms with Crippen molar-refractivity contribution in [1.29, 1.82) is 0 Å². The first-order valence-corrected chi connectivity index (χ1v) is 12.1. The van der Waals surface area contributed by atoms with Crippen LogP contribution in [0.2, 0.25) is 0 Å². The molecule has 0 radical (unpaired) electrons. The summed E-state index contributed by atoms with van der Waals surface area (Å²) in [6, 6.07) is 11.1. The molecule has 9 heteroatoms. The van der Waals surface area contributed by atoms with E-state index in [-0.39, 0.29) is 6.79 Å². The van der Waals surface area contributed by atoms with Crippen LogP contribution in [0.3, 0.4) is 0 Å². The zero-order valence-electron chi connectivity index (χ0n) is 19.0. The zero-order chi connectivity index (χ0) is 22.6. The van der Waals surface area contributed by atoms with Crippen LogP contribution in [-0.4, -0.2) is 67.5 Å². The Bertz CT molecular complexity index is 1070. The van der Waals surface area contributed by atoms with Crippen molar-refractivity contribution in [2.24, 2.45) is 0 Å². The highest BCUT2D eigenvalue weighted by Gasteiger charge is 2.27. The van der Waals surface area contributed by atoms with Crippen LogP contribution in [0.25, 0.3) is 21.7 Å². The molecule has 2 aliphatic rings. The van der Waals surface area contributed by atoms with Gasteiger partial charge in [0, 0.05) is 50.7 Å². The highest BCUT2D eigenvalue weighted by molar-refractivity contribution is 7.15. The summed E-state index contributed by atoms with van der Waals surface area (Å²) in [5, 5.41) is 13.8. The Morgan fingerprint density at radius 2 is 2.12 bits per heavy atom. The van der Waals surface area contributed by atoms with Crippen molar-refractivity contribution >= 4 is 17.2 Å². The Labute approximate surface area is 197 Å². The summed E-state index contributed by atoms with van der Waals surface area (Å²) in [5.41, 5.74) is 2.72. The van der Waals surface area contributed by atoms with Crippen LogP contribution >= 0.6 is 11.3 Å². The second-order valence-electron chi connectivity index (χ2n) is 8.44. The third-order valence-corrected chi connectivity index (χ3v) is 7.02. The summed E-state index contributed by atoms with van der Waals surface area (Å²) >= 11 is 1.66. The van der Waals surface area contributed by atoms with Crippen molar-refractivity contribution in [2.75, 3.05) is 45.1 Å². The van der Waals surface area contributed by atoms with Gasteiger partial charge in [0.2, 0.25) is 0 Å². The number of benzene rings is 1. The van der Waals surface area contributed by atoms with Gasteiger partial charge in [-0.2, -0.15) is 0 Å². The fourth-order valence-corrected chi connectivity index (χ4v) is 5.14. The van der Waals surface area contributed by atoms with Crippen LogP contribution in [0.4, 0.5) is 5.82 Å². The lowest BCUT2D eigenvalue weighted by atomic mass is 10.1. The Morgan fingerprint density at radius 3 is 2.85 bits per heavy atom. The maximum Gasteiger partial charge on any atom is 0.188 e. The monoisotopic (exact) mass is 467 g/mol. The number of anilines is 1. The number of aryl methyl sites for hydroxylation is 1. The van der Waals surface area contributed by atoms with Crippen LogP contribution in [-0.2, 0) is 9.47 Å². The van der Waals surface area contributed by atoms with E-state index >= 15 is 0 Å². The van der Waals surface area contributed by atoms with Crippen LogP contribution in [0.5, 0.6) is 5.75 Å². The van der Waals surface area contributed by atoms with Gasteiger partial charge in [-0.3, -0.25) is 0 Å². The second-order valence-corrected chi connectivity index (χ2v) is 9.68. The first-order chi connectivity index (χ1) is 16.2. The van der Waals surface area contributed by atoms with Gasteiger partial charge in [0.05, 0.1) is 22.2 Å². The molecule has 0 spiro atoms. The number of thiazole rings is 1. The molecule has 3 aromatic rings. The number of ether oxygens (including phenoxy) is 3. The van der Waals surface area contributed by atoms with Crippen LogP contribution < -0.4 is 15.0 Å². The number of hydrogen-bond donors (Lipinski definition) is 1. The molecule has 8 nitrogen and oxygen atoms in total. The van der Waals surface area contributed by atoms with Crippen LogP contribution in [0, 0.1) is 6.92 Å². The average Bonchev–Trinajstić information content (AvgIpc) is 3.61. The van der Waals surface area contributed by atoms with E-state index in [2.05, 4.69) is 31.5 Å². The summed E-state index contributed by atoms with van der Waals surface area (Å²) in [6.45, 7) is 5.77. The normalized spacial score (nSPS) is 20.5. The highest BCUT2D eigenvalue weighted by atomic mass is 32.1. The smallest absolute Gasteiger partial charge is 0.188 e. The predicted molar refractivity (Wildman–Crippen MR) is 129 cm³/mol. The van der Waals surface area contributed by atoms with Gasteiger partial charge in [-0.05, 0) is 49.6 Å². The first-order valence-electron chi connectivity index (χ1n) is 11.3. The van der Waals surface area contributed by atoms with Crippen molar-refractivity contribution in [2.45, 2.75) is 31.8 Å². The summed E-state index contributed by atoms with van der Waals surface area (Å²) in [6.07, 6.45) is 4.09. The molecule has 0 aliphatic carbocycles. The van der Waals surface area contributed by atoms with Gasteiger partial charge in [0.25, 0.3) is 0 Å². The summed E-state index contributed by atoms with van der Waals surface area (Å²) in [4.78, 5) is 7.76. The molecule has 1 unspecified atom stereocenters. The van der Waals surface area contributed by atoms with Crippen molar-refractivity contribution < 1.29 is 14.2 Å². The molecule has 5 rings (SSSR count). The minimum absolute atomic E-state index is 0.165. The van der Waals surface area contributed by atoms with Crippen LogP contribution in [0.1, 0.15) is 17.8 Å². The third-order valence-electron chi connectivity index (χ3n) is 6.06. The predicted octanol–water partition coefficient (Wildman–Crippen LogP) is 3.52. The van der Waals surface area contributed by atoms with Gasteiger partial charge in [0.15, 0.2) is 12.6 Å². The number of nitrogens with zero attached hydrogens (tertiary/aromatic N) is 4. The molecule has 4 heterocycles. The van der Waals surface area contributed by atoms with Crippen molar-refractivity contribution in [1.82, 2.24) is 20.5 Å². The van der Waals surface area contributed by atoms with Crippen LogP contribution in [0.15, 0.2) is 36.5 Å². The van der Waals surface area contributed by atoms with Gasteiger partial charge < -0.3 is 24.4 Å².